The van der Waals surface area contributed by atoms with E-state index in [4.69, 9.17) is 5.26 Å². The standard InChI is InChI=1S/C13H14N2OS/c14-8-10-4-1-2-6-12(10)15-13(16)11-5-3-7-17-9-11/h1-2,4,6,11H,3,5,7,9H2,(H,15,16). The first kappa shape index (κ1) is 12.0. The van der Waals surface area contributed by atoms with Gasteiger partial charge in [-0.1, -0.05) is 12.1 Å². The van der Waals surface area contributed by atoms with Crippen LogP contribution in [0.2, 0.25) is 0 Å². The average Bonchev–Trinajstić information content (AvgIpc) is 2.40. The first-order chi connectivity index (χ1) is 8.31. The third kappa shape index (κ3) is 3.01. The quantitative estimate of drug-likeness (QED) is 0.872. The summed E-state index contributed by atoms with van der Waals surface area (Å²) in [5, 5.41) is 11.8. The number of carbonyl (C=O) groups excluding carboxylic acids is 1. The van der Waals surface area contributed by atoms with Gasteiger partial charge in [0.05, 0.1) is 11.3 Å². The Labute approximate surface area is 105 Å². The third-order valence-corrected chi connectivity index (χ3v) is 4.05. The largest absolute Gasteiger partial charge is 0.325 e. The number of benzene rings is 1. The number of rotatable bonds is 2. The normalized spacial score (nSPS) is 19.4. The van der Waals surface area contributed by atoms with Crippen molar-refractivity contribution in [2.75, 3.05) is 16.8 Å². The van der Waals surface area contributed by atoms with Gasteiger partial charge in [-0.05, 0) is 30.7 Å². The molecule has 1 saturated heterocycles. The lowest BCUT2D eigenvalue weighted by atomic mass is 10.0. The van der Waals surface area contributed by atoms with Gasteiger partial charge in [-0.25, -0.2) is 0 Å². The van der Waals surface area contributed by atoms with Gasteiger partial charge in [0, 0.05) is 11.7 Å². The summed E-state index contributed by atoms with van der Waals surface area (Å²) < 4.78 is 0. The van der Waals surface area contributed by atoms with Crippen molar-refractivity contribution in [3.8, 4) is 6.07 Å². The van der Waals surface area contributed by atoms with Crippen LogP contribution in [-0.2, 0) is 4.79 Å². The Morgan fingerprint density at radius 3 is 3.00 bits per heavy atom. The molecule has 1 atom stereocenters. The van der Waals surface area contributed by atoms with E-state index in [1.165, 1.54) is 0 Å². The number of para-hydroxylation sites is 1. The van der Waals surface area contributed by atoms with Gasteiger partial charge in [-0.2, -0.15) is 17.0 Å². The zero-order valence-electron chi connectivity index (χ0n) is 9.48. The minimum absolute atomic E-state index is 0.0416. The number of anilines is 1. The predicted molar refractivity (Wildman–Crippen MR) is 69.8 cm³/mol. The lowest BCUT2D eigenvalue weighted by Crippen LogP contribution is -2.27. The van der Waals surface area contributed by atoms with Crippen LogP contribution in [0.25, 0.3) is 0 Å². The van der Waals surface area contributed by atoms with Gasteiger partial charge in [0.2, 0.25) is 5.91 Å². The number of nitrogens with zero attached hydrogens (tertiary/aromatic N) is 1. The minimum Gasteiger partial charge on any atom is -0.325 e. The van der Waals surface area contributed by atoms with E-state index < -0.39 is 0 Å². The van der Waals surface area contributed by atoms with E-state index in [1.54, 1.807) is 18.2 Å². The Morgan fingerprint density at radius 1 is 1.47 bits per heavy atom. The SMILES string of the molecule is N#Cc1ccccc1NC(=O)C1CCCSC1. The maximum absolute atomic E-state index is 12.0. The van der Waals surface area contributed by atoms with Crippen molar-refractivity contribution in [2.45, 2.75) is 12.8 Å². The van der Waals surface area contributed by atoms with Crippen LogP contribution in [0.4, 0.5) is 5.69 Å². The van der Waals surface area contributed by atoms with E-state index in [1.807, 2.05) is 17.8 Å². The van der Waals surface area contributed by atoms with Crippen LogP contribution in [-0.4, -0.2) is 17.4 Å². The molecule has 0 bridgehead atoms. The van der Waals surface area contributed by atoms with Gasteiger partial charge in [0.1, 0.15) is 6.07 Å². The molecule has 0 saturated carbocycles. The molecule has 1 aliphatic heterocycles. The van der Waals surface area contributed by atoms with E-state index in [-0.39, 0.29) is 11.8 Å². The molecule has 1 heterocycles. The Balaban J connectivity index is 2.05. The molecule has 0 radical (unpaired) electrons. The monoisotopic (exact) mass is 246 g/mol. The molecule has 3 nitrogen and oxygen atoms in total. The van der Waals surface area contributed by atoms with Crippen molar-refractivity contribution < 1.29 is 4.79 Å². The highest BCUT2D eigenvalue weighted by molar-refractivity contribution is 7.99. The van der Waals surface area contributed by atoms with Crippen LogP contribution in [0, 0.1) is 17.2 Å². The molecule has 17 heavy (non-hydrogen) atoms. The molecule has 1 aliphatic rings. The molecular weight excluding hydrogens is 232 g/mol. The van der Waals surface area contributed by atoms with Gasteiger partial charge in [-0.3, -0.25) is 4.79 Å². The zero-order chi connectivity index (χ0) is 12.1. The molecule has 88 valence electrons. The van der Waals surface area contributed by atoms with E-state index in [0.29, 0.717) is 11.3 Å². The van der Waals surface area contributed by atoms with Crippen molar-refractivity contribution in [3.63, 3.8) is 0 Å². The van der Waals surface area contributed by atoms with E-state index in [0.717, 1.165) is 24.3 Å². The van der Waals surface area contributed by atoms with Crippen LogP contribution in [0.3, 0.4) is 0 Å². The Hall–Kier alpha value is -1.47. The average molecular weight is 246 g/mol. The van der Waals surface area contributed by atoms with Crippen LogP contribution < -0.4 is 5.32 Å². The fourth-order valence-electron chi connectivity index (χ4n) is 1.87. The first-order valence-electron chi connectivity index (χ1n) is 5.69. The smallest absolute Gasteiger partial charge is 0.228 e. The molecule has 0 spiro atoms. The molecule has 1 unspecified atom stereocenters. The second-order valence-corrected chi connectivity index (χ2v) is 5.21. The Bertz CT molecular complexity index is 447. The van der Waals surface area contributed by atoms with Crippen LogP contribution >= 0.6 is 11.8 Å². The predicted octanol–water partition coefficient (Wildman–Crippen LogP) is 2.64. The van der Waals surface area contributed by atoms with Crippen molar-refractivity contribution in [3.05, 3.63) is 29.8 Å². The second kappa shape index (κ2) is 5.74. The summed E-state index contributed by atoms with van der Waals surface area (Å²) in [6.07, 6.45) is 2.05. The van der Waals surface area contributed by atoms with Gasteiger partial charge in [-0.15, -0.1) is 0 Å². The van der Waals surface area contributed by atoms with Crippen LogP contribution in [0.15, 0.2) is 24.3 Å². The number of amides is 1. The Kier molecular flexibility index (Phi) is 4.05. The van der Waals surface area contributed by atoms with Gasteiger partial charge < -0.3 is 5.32 Å². The lowest BCUT2D eigenvalue weighted by Gasteiger charge is -2.20. The summed E-state index contributed by atoms with van der Waals surface area (Å²) in [6.45, 7) is 0. The number of thioether (sulfide) groups is 1. The lowest BCUT2D eigenvalue weighted by molar-refractivity contribution is -0.119. The van der Waals surface area contributed by atoms with E-state index in [9.17, 15) is 4.79 Å². The highest BCUT2D eigenvalue weighted by Crippen LogP contribution is 2.24. The number of hydrogen-bond acceptors (Lipinski definition) is 3. The maximum Gasteiger partial charge on any atom is 0.228 e. The minimum atomic E-state index is 0.0416. The highest BCUT2D eigenvalue weighted by Gasteiger charge is 2.21. The maximum atomic E-state index is 12.0. The van der Waals surface area contributed by atoms with E-state index >= 15 is 0 Å². The highest BCUT2D eigenvalue weighted by atomic mass is 32.2. The van der Waals surface area contributed by atoms with Gasteiger partial charge >= 0.3 is 0 Å². The molecule has 1 N–H and O–H groups in total. The topological polar surface area (TPSA) is 52.9 Å². The summed E-state index contributed by atoms with van der Waals surface area (Å²) >= 11 is 1.83. The third-order valence-electron chi connectivity index (χ3n) is 2.84. The number of carbonyl (C=O) groups is 1. The van der Waals surface area contributed by atoms with Crippen molar-refractivity contribution in [2.24, 2.45) is 5.92 Å². The molecule has 1 amide bonds. The van der Waals surface area contributed by atoms with Crippen molar-refractivity contribution in [1.82, 2.24) is 0 Å². The fraction of sp³-hybridized carbons (Fsp3) is 0.385. The molecule has 1 fully saturated rings. The molecule has 0 aliphatic carbocycles. The molecule has 4 heteroatoms. The summed E-state index contributed by atoms with van der Waals surface area (Å²) in [6, 6.07) is 9.19. The van der Waals surface area contributed by atoms with Gasteiger partial charge in [0.15, 0.2) is 0 Å². The number of nitriles is 1. The van der Waals surface area contributed by atoms with Gasteiger partial charge in [0.25, 0.3) is 0 Å². The molecule has 2 rings (SSSR count). The summed E-state index contributed by atoms with van der Waals surface area (Å²) in [4.78, 5) is 12.0. The molecular formula is C13H14N2OS. The molecule has 0 aromatic heterocycles. The Morgan fingerprint density at radius 2 is 2.29 bits per heavy atom. The number of nitrogens with one attached hydrogen (secondary N) is 1. The summed E-state index contributed by atoms with van der Waals surface area (Å²) in [7, 11) is 0. The fourth-order valence-corrected chi connectivity index (χ4v) is 3.01. The second-order valence-electron chi connectivity index (χ2n) is 4.06. The van der Waals surface area contributed by atoms with Crippen molar-refractivity contribution in [1.29, 1.82) is 5.26 Å². The molecule has 1 aromatic carbocycles. The van der Waals surface area contributed by atoms with Crippen molar-refractivity contribution >= 4 is 23.4 Å². The van der Waals surface area contributed by atoms with E-state index in [2.05, 4.69) is 11.4 Å². The van der Waals surface area contributed by atoms with Crippen LogP contribution in [0.1, 0.15) is 18.4 Å². The number of hydrogen-bond donors (Lipinski definition) is 1. The first-order valence-corrected chi connectivity index (χ1v) is 6.84. The molecule has 1 aromatic rings. The van der Waals surface area contributed by atoms with Crippen LogP contribution in [0.5, 0.6) is 0 Å². The zero-order valence-corrected chi connectivity index (χ0v) is 10.3. The summed E-state index contributed by atoms with van der Waals surface area (Å²) in [5.41, 5.74) is 1.14. The summed E-state index contributed by atoms with van der Waals surface area (Å²) in [5.74, 6) is 2.17.